The van der Waals surface area contributed by atoms with Gasteiger partial charge in [-0.2, -0.15) is 0 Å². The van der Waals surface area contributed by atoms with E-state index in [0.717, 1.165) is 0 Å². The first-order chi connectivity index (χ1) is 9.39. The fourth-order valence-electron chi connectivity index (χ4n) is 1.59. The number of carbonyl (C=O) groups excluding carboxylic acids is 1. The predicted molar refractivity (Wildman–Crippen MR) is 76.8 cm³/mol. The molecule has 0 N–H and O–H groups in total. The van der Waals surface area contributed by atoms with Crippen LogP contribution < -0.4 is 9.64 Å². The van der Waals surface area contributed by atoms with Gasteiger partial charge in [-0.3, -0.25) is 4.90 Å². The van der Waals surface area contributed by atoms with Crippen molar-refractivity contribution in [2.75, 3.05) is 18.6 Å². The zero-order valence-corrected chi connectivity index (χ0v) is 12.2. The number of para-hydroxylation sites is 2. The number of hydrogen-bond acceptors (Lipinski definition) is 3. The number of amides is 1. The third-order valence-electron chi connectivity index (χ3n) is 2.37. The molecule has 1 rings (SSSR count). The molecule has 1 aromatic carbocycles. The van der Waals surface area contributed by atoms with Crippen LogP contribution >= 0.6 is 0 Å². The highest BCUT2D eigenvalue weighted by atomic mass is 19.1. The summed E-state index contributed by atoms with van der Waals surface area (Å²) in [6.45, 7) is 5.38. The van der Waals surface area contributed by atoms with Crippen molar-refractivity contribution in [1.29, 1.82) is 0 Å². The second-order valence-corrected chi connectivity index (χ2v) is 5.12. The van der Waals surface area contributed by atoms with Crippen LogP contribution in [0, 0.1) is 0 Å². The lowest BCUT2D eigenvalue weighted by Crippen LogP contribution is -2.37. The maximum absolute atomic E-state index is 12.3. The molecule has 0 bridgehead atoms. The summed E-state index contributed by atoms with van der Waals surface area (Å²) in [5.74, 6) is 0.519. The monoisotopic (exact) mass is 281 g/mol. The molecule has 0 atom stereocenters. The van der Waals surface area contributed by atoms with Crippen LogP contribution in [0.5, 0.6) is 5.75 Å². The second kappa shape index (κ2) is 6.93. The summed E-state index contributed by atoms with van der Waals surface area (Å²) in [7, 11) is 1.51. The summed E-state index contributed by atoms with van der Waals surface area (Å²) in [6.07, 6.45) is 1.07. The molecule has 0 heterocycles. The van der Waals surface area contributed by atoms with Gasteiger partial charge in [-0.05, 0) is 39.0 Å². The van der Waals surface area contributed by atoms with E-state index < -0.39 is 11.7 Å². The minimum Gasteiger partial charge on any atom is -0.495 e. The highest BCUT2D eigenvalue weighted by molar-refractivity contribution is 5.90. The smallest absolute Gasteiger partial charge is 0.415 e. The molecule has 1 amide bonds. The van der Waals surface area contributed by atoms with Crippen LogP contribution in [0.3, 0.4) is 0 Å². The van der Waals surface area contributed by atoms with E-state index in [1.807, 2.05) is 0 Å². The Morgan fingerprint density at radius 1 is 1.35 bits per heavy atom. The van der Waals surface area contributed by atoms with Crippen LogP contribution in [0.2, 0.25) is 0 Å². The summed E-state index contributed by atoms with van der Waals surface area (Å²) >= 11 is 0. The van der Waals surface area contributed by atoms with E-state index in [1.54, 1.807) is 45.0 Å². The van der Waals surface area contributed by atoms with Crippen molar-refractivity contribution in [3.8, 4) is 5.75 Å². The number of methoxy groups -OCH3 is 1. The Hall–Kier alpha value is -2.04. The lowest BCUT2D eigenvalue weighted by molar-refractivity contribution is 0.0583. The molecule has 0 unspecified atom stereocenters. The van der Waals surface area contributed by atoms with Crippen molar-refractivity contribution in [3.05, 3.63) is 36.7 Å². The largest absolute Gasteiger partial charge is 0.495 e. The normalized spacial score (nSPS) is 11.4. The number of carbonyl (C=O) groups is 1. The van der Waals surface area contributed by atoms with Gasteiger partial charge in [0.15, 0.2) is 0 Å². The molecule has 0 spiro atoms. The summed E-state index contributed by atoms with van der Waals surface area (Å²) in [4.78, 5) is 13.5. The van der Waals surface area contributed by atoms with Crippen molar-refractivity contribution in [3.63, 3.8) is 0 Å². The highest BCUT2D eigenvalue weighted by Gasteiger charge is 2.24. The van der Waals surface area contributed by atoms with Crippen LogP contribution in [-0.4, -0.2) is 25.3 Å². The van der Waals surface area contributed by atoms with Crippen molar-refractivity contribution in [1.82, 2.24) is 0 Å². The summed E-state index contributed by atoms with van der Waals surface area (Å²) in [5, 5.41) is 0. The fraction of sp³-hybridized carbons (Fsp3) is 0.400. The van der Waals surface area contributed by atoms with Gasteiger partial charge in [-0.25, -0.2) is 9.18 Å². The maximum Gasteiger partial charge on any atom is 0.415 e. The summed E-state index contributed by atoms with van der Waals surface area (Å²) < 4.78 is 22.8. The van der Waals surface area contributed by atoms with Crippen LogP contribution in [0.1, 0.15) is 20.8 Å². The molecule has 0 saturated heterocycles. The average Bonchev–Trinajstić information content (AvgIpc) is 2.37. The molecule has 1 aromatic rings. The van der Waals surface area contributed by atoms with Crippen LogP contribution in [0.15, 0.2) is 36.7 Å². The molecule has 20 heavy (non-hydrogen) atoms. The first kappa shape index (κ1) is 16.0. The first-order valence-corrected chi connectivity index (χ1v) is 6.28. The van der Waals surface area contributed by atoms with Gasteiger partial charge in [0.05, 0.1) is 19.1 Å². The van der Waals surface area contributed by atoms with E-state index in [9.17, 15) is 9.18 Å². The van der Waals surface area contributed by atoms with Gasteiger partial charge in [0.2, 0.25) is 0 Å². The number of rotatable bonds is 4. The van der Waals surface area contributed by atoms with E-state index in [-0.39, 0.29) is 6.54 Å². The molecule has 4 nitrogen and oxygen atoms in total. The maximum atomic E-state index is 12.3. The molecule has 5 heteroatoms. The predicted octanol–water partition coefficient (Wildman–Crippen LogP) is 3.92. The average molecular weight is 281 g/mol. The van der Waals surface area contributed by atoms with Crippen molar-refractivity contribution in [2.45, 2.75) is 26.4 Å². The van der Waals surface area contributed by atoms with Gasteiger partial charge in [0.1, 0.15) is 11.4 Å². The number of hydrogen-bond donors (Lipinski definition) is 0. The fourth-order valence-corrected chi connectivity index (χ4v) is 1.59. The van der Waals surface area contributed by atoms with Gasteiger partial charge in [-0.1, -0.05) is 12.1 Å². The topological polar surface area (TPSA) is 38.8 Å². The molecule has 0 radical (unpaired) electrons. The number of anilines is 1. The molecular weight excluding hydrogens is 261 g/mol. The molecule has 0 saturated carbocycles. The quantitative estimate of drug-likeness (QED) is 0.839. The van der Waals surface area contributed by atoms with Crippen LogP contribution in [0.25, 0.3) is 0 Å². The van der Waals surface area contributed by atoms with E-state index in [0.29, 0.717) is 17.8 Å². The number of halogens is 1. The van der Waals surface area contributed by atoms with Gasteiger partial charge in [0, 0.05) is 6.54 Å². The Labute approximate surface area is 118 Å². The molecule has 0 fully saturated rings. The Bertz CT molecular complexity index is 480. The van der Waals surface area contributed by atoms with Crippen molar-refractivity contribution >= 4 is 11.8 Å². The van der Waals surface area contributed by atoms with E-state index in [2.05, 4.69) is 0 Å². The Morgan fingerprint density at radius 2 is 2.00 bits per heavy atom. The zero-order chi connectivity index (χ0) is 15.2. The van der Waals surface area contributed by atoms with E-state index >= 15 is 0 Å². The Balaban J connectivity index is 3.08. The first-order valence-electron chi connectivity index (χ1n) is 6.28. The van der Waals surface area contributed by atoms with Gasteiger partial charge in [-0.15, -0.1) is 0 Å². The number of ether oxygens (including phenoxy) is 2. The van der Waals surface area contributed by atoms with Crippen molar-refractivity contribution in [2.24, 2.45) is 0 Å². The molecule has 0 aromatic heterocycles. The standard InChI is InChI=1S/C15H20FNO3/c1-15(2,3)20-14(18)17(11-7-10-16)12-8-5-6-9-13(12)19-4/h5-10H,11H2,1-4H3. The third-order valence-corrected chi connectivity index (χ3v) is 2.37. The highest BCUT2D eigenvalue weighted by Crippen LogP contribution is 2.28. The van der Waals surface area contributed by atoms with Crippen molar-refractivity contribution < 1.29 is 18.7 Å². The van der Waals surface area contributed by atoms with Crippen LogP contribution in [-0.2, 0) is 4.74 Å². The molecule has 0 aliphatic rings. The SMILES string of the molecule is COc1ccccc1N(CC=CF)C(=O)OC(C)(C)C. The Morgan fingerprint density at radius 3 is 2.55 bits per heavy atom. The summed E-state index contributed by atoms with van der Waals surface area (Å²) in [5.41, 5.74) is -0.0982. The lowest BCUT2D eigenvalue weighted by Gasteiger charge is -2.27. The minimum atomic E-state index is -0.628. The van der Waals surface area contributed by atoms with Gasteiger partial charge >= 0.3 is 6.09 Å². The van der Waals surface area contributed by atoms with E-state index in [1.165, 1.54) is 18.1 Å². The zero-order valence-electron chi connectivity index (χ0n) is 12.2. The number of nitrogens with zero attached hydrogens (tertiary/aromatic N) is 1. The third kappa shape index (κ3) is 4.57. The minimum absolute atomic E-state index is 0.0613. The van der Waals surface area contributed by atoms with E-state index in [4.69, 9.17) is 9.47 Å². The number of benzene rings is 1. The second-order valence-electron chi connectivity index (χ2n) is 5.12. The van der Waals surface area contributed by atoms with Gasteiger partial charge < -0.3 is 9.47 Å². The molecule has 0 aliphatic heterocycles. The lowest BCUT2D eigenvalue weighted by atomic mass is 10.2. The summed E-state index contributed by atoms with van der Waals surface area (Å²) in [6, 6.07) is 7.01. The van der Waals surface area contributed by atoms with Crippen LogP contribution in [0.4, 0.5) is 14.9 Å². The Kier molecular flexibility index (Phi) is 5.55. The van der Waals surface area contributed by atoms with Gasteiger partial charge in [0.25, 0.3) is 0 Å². The molecular formula is C15H20FNO3. The molecule has 110 valence electrons. The molecule has 0 aliphatic carbocycles.